The van der Waals surface area contributed by atoms with Gasteiger partial charge in [-0.25, -0.2) is 5.90 Å². The summed E-state index contributed by atoms with van der Waals surface area (Å²) in [5.41, 5.74) is -0.0646. The van der Waals surface area contributed by atoms with Gasteiger partial charge in [0.05, 0.1) is 10.0 Å². The first kappa shape index (κ1) is 10.7. The van der Waals surface area contributed by atoms with E-state index in [9.17, 15) is 0 Å². The zero-order valence-corrected chi connectivity index (χ0v) is 8.86. The standard InChI is InChI=1S/C8H10Cl2N2O/c1-8(2,13-11)7-5(9)3-12-4-6(7)10/h3-4H,11H2,1-2H3. The Labute approximate surface area is 86.8 Å². The predicted octanol–water partition coefficient (Wildman–Crippen LogP) is 2.51. The van der Waals surface area contributed by atoms with Crippen molar-refractivity contribution in [1.82, 2.24) is 4.98 Å². The number of nitrogens with two attached hydrogens (primary N) is 1. The fraction of sp³-hybridized carbons (Fsp3) is 0.375. The second-order valence-electron chi connectivity index (χ2n) is 3.11. The van der Waals surface area contributed by atoms with Crippen molar-refractivity contribution < 1.29 is 4.84 Å². The van der Waals surface area contributed by atoms with Gasteiger partial charge in [-0.15, -0.1) is 0 Å². The highest BCUT2D eigenvalue weighted by atomic mass is 35.5. The summed E-state index contributed by atoms with van der Waals surface area (Å²) in [6, 6.07) is 0. The molecule has 0 unspecified atom stereocenters. The summed E-state index contributed by atoms with van der Waals surface area (Å²) >= 11 is 11.8. The van der Waals surface area contributed by atoms with E-state index >= 15 is 0 Å². The zero-order chi connectivity index (χ0) is 10.1. The van der Waals surface area contributed by atoms with Crippen LogP contribution in [0.25, 0.3) is 0 Å². The summed E-state index contributed by atoms with van der Waals surface area (Å²) in [5.74, 6) is 5.14. The first-order chi connectivity index (χ1) is 5.99. The number of hydrogen-bond acceptors (Lipinski definition) is 3. The van der Waals surface area contributed by atoms with Gasteiger partial charge >= 0.3 is 0 Å². The third-order valence-electron chi connectivity index (χ3n) is 1.75. The molecule has 13 heavy (non-hydrogen) atoms. The van der Waals surface area contributed by atoms with Crippen LogP contribution in [0.5, 0.6) is 0 Å². The Hall–Kier alpha value is -0.350. The van der Waals surface area contributed by atoms with Gasteiger partial charge < -0.3 is 0 Å². The molecule has 0 aromatic carbocycles. The maximum Gasteiger partial charge on any atom is 0.112 e. The van der Waals surface area contributed by atoms with Gasteiger partial charge in [-0.2, -0.15) is 0 Å². The Morgan fingerprint density at radius 2 is 1.77 bits per heavy atom. The van der Waals surface area contributed by atoms with Gasteiger partial charge in [-0.05, 0) is 13.8 Å². The molecule has 0 radical (unpaired) electrons. The van der Waals surface area contributed by atoms with E-state index in [2.05, 4.69) is 4.98 Å². The highest BCUT2D eigenvalue weighted by molar-refractivity contribution is 6.35. The van der Waals surface area contributed by atoms with Crippen LogP contribution in [0.4, 0.5) is 0 Å². The summed E-state index contributed by atoms with van der Waals surface area (Å²) in [7, 11) is 0. The largest absolute Gasteiger partial charge is 0.294 e. The molecule has 0 amide bonds. The van der Waals surface area contributed by atoms with E-state index in [1.165, 1.54) is 12.4 Å². The highest BCUT2D eigenvalue weighted by Crippen LogP contribution is 2.34. The second kappa shape index (κ2) is 3.80. The maximum absolute atomic E-state index is 5.91. The van der Waals surface area contributed by atoms with E-state index in [0.717, 1.165) is 0 Å². The van der Waals surface area contributed by atoms with Crippen LogP contribution < -0.4 is 5.90 Å². The third kappa shape index (κ3) is 2.11. The molecule has 1 aromatic rings. The average molecular weight is 221 g/mol. The Morgan fingerprint density at radius 3 is 2.15 bits per heavy atom. The van der Waals surface area contributed by atoms with Gasteiger partial charge in [0.25, 0.3) is 0 Å². The molecule has 0 aliphatic heterocycles. The molecule has 0 aliphatic carbocycles. The Bertz CT molecular complexity index is 295. The topological polar surface area (TPSA) is 48.1 Å². The van der Waals surface area contributed by atoms with Crippen LogP contribution in [-0.2, 0) is 10.4 Å². The first-order valence-electron chi connectivity index (χ1n) is 3.66. The van der Waals surface area contributed by atoms with Crippen molar-refractivity contribution in [1.29, 1.82) is 0 Å². The fourth-order valence-electron chi connectivity index (χ4n) is 1.05. The molecule has 1 aromatic heterocycles. The van der Waals surface area contributed by atoms with E-state index in [1.54, 1.807) is 13.8 Å². The lowest BCUT2D eigenvalue weighted by Crippen LogP contribution is -2.26. The van der Waals surface area contributed by atoms with Crippen molar-refractivity contribution in [2.75, 3.05) is 0 Å². The molecule has 0 aliphatic rings. The summed E-state index contributed by atoms with van der Waals surface area (Å²) in [6.07, 6.45) is 3.01. The summed E-state index contributed by atoms with van der Waals surface area (Å²) < 4.78 is 0. The van der Waals surface area contributed by atoms with Crippen molar-refractivity contribution in [2.45, 2.75) is 19.4 Å². The van der Waals surface area contributed by atoms with Crippen LogP contribution >= 0.6 is 23.2 Å². The molecule has 3 nitrogen and oxygen atoms in total. The normalized spacial score (nSPS) is 11.8. The monoisotopic (exact) mass is 220 g/mol. The quantitative estimate of drug-likeness (QED) is 0.780. The minimum absolute atomic E-state index is 0.447. The van der Waals surface area contributed by atoms with Gasteiger partial charge in [0.2, 0.25) is 0 Å². The van der Waals surface area contributed by atoms with E-state index < -0.39 is 5.60 Å². The van der Waals surface area contributed by atoms with Gasteiger partial charge in [-0.1, -0.05) is 23.2 Å². The van der Waals surface area contributed by atoms with E-state index in [1.807, 2.05) is 0 Å². The molecule has 0 spiro atoms. The van der Waals surface area contributed by atoms with Crippen LogP contribution in [0.15, 0.2) is 12.4 Å². The molecule has 0 bridgehead atoms. The number of aromatic nitrogens is 1. The van der Waals surface area contributed by atoms with E-state index in [4.69, 9.17) is 33.9 Å². The van der Waals surface area contributed by atoms with Gasteiger partial charge in [0.15, 0.2) is 0 Å². The fourth-order valence-corrected chi connectivity index (χ4v) is 1.87. The smallest absolute Gasteiger partial charge is 0.112 e. The van der Waals surface area contributed by atoms with E-state index in [0.29, 0.717) is 15.6 Å². The van der Waals surface area contributed by atoms with Crippen molar-refractivity contribution in [3.63, 3.8) is 0 Å². The van der Waals surface area contributed by atoms with Gasteiger partial charge in [0.1, 0.15) is 5.60 Å². The van der Waals surface area contributed by atoms with Crippen LogP contribution in [0.3, 0.4) is 0 Å². The second-order valence-corrected chi connectivity index (χ2v) is 3.92. The lowest BCUT2D eigenvalue weighted by atomic mass is 10.00. The molecule has 2 N–H and O–H groups in total. The molecular weight excluding hydrogens is 211 g/mol. The van der Waals surface area contributed by atoms with Crippen molar-refractivity contribution in [3.05, 3.63) is 28.0 Å². The van der Waals surface area contributed by atoms with Gasteiger partial charge in [0, 0.05) is 18.0 Å². The summed E-state index contributed by atoms with van der Waals surface area (Å²) in [6.45, 7) is 3.56. The van der Waals surface area contributed by atoms with Crippen molar-refractivity contribution >= 4 is 23.2 Å². The number of nitrogens with zero attached hydrogens (tertiary/aromatic N) is 1. The zero-order valence-electron chi connectivity index (χ0n) is 7.34. The minimum Gasteiger partial charge on any atom is -0.294 e. The highest BCUT2D eigenvalue weighted by Gasteiger charge is 2.26. The Balaban J connectivity index is 3.28. The van der Waals surface area contributed by atoms with Crippen molar-refractivity contribution in [3.8, 4) is 0 Å². The molecule has 0 atom stereocenters. The first-order valence-corrected chi connectivity index (χ1v) is 4.42. The van der Waals surface area contributed by atoms with Crippen LogP contribution in [0, 0.1) is 0 Å². The van der Waals surface area contributed by atoms with Crippen molar-refractivity contribution in [2.24, 2.45) is 5.90 Å². The molecule has 0 saturated heterocycles. The number of rotatable bonds is 2. The SMILES string of the molecule is CC(C)(ON)c1c(Cl)cncc1Cl. The molecular formula is C8H10Cl2N2O. The number of halogens is 2. The number of hydrogen-bond donors (Lipinski definition) is 1. The molecule has 0 saturated carbocycles. The molecule has 1 heterocycles. The average Bonchev–Trinajstić information content (AvgIpc) is 2.03. The Kier molecular flexibility index (Phi) is 3.14. The molecule has 1 rings (SSSR count). The predicted molar refractivity (Wildman–Crippen MR) is 52.6 cm³/mol. The van der Waals surface area contributed by atoms with Crippen LogP contribution in [0.1, 0.15) is 19.4 Å². The Morgan fingerprint density at radius 1 is 1.31 bits per heavy atom. The lowest BCUT2D eigenvalue weighted by Gasteiger charge is -2.24. The lowest BCUT2D eigenvalue weighted by molar-refractivity contribution is -0.0235. The summed E-state index contributed by atoms with van der Waals surface area (Å²) in [5, 5.41) is 0.894. The molecule has 72 valence electrons. The minimum atomic E-state index is -0.711. The molecule has 5 heteroatoms. The summed E-state index contributed by atoms with van der Waals surface area (Å²) in [4.78, 5) is 8.62. The van der Waals surface area contributed by atoms with E-state index in [-0.39, 0.29) is 0 Å². The number of pyridine rings is 1. The maximum atomic E-state index is 5.91. The van der Waals surface area contributed by atoms with Crippen LogP contribution in [-0.4, -0.2) is 4.98 Å². The van der Waals surface area contributed by atoms with Gasteiger partial charge in [-0.3, -0.25) is 9.82 Å². The van der Waals surface area contributed by atoms with Crippen LogP contribution in [0.2, 0.25) is 10.0 Å². The molecule has 0 fully saturated rings. The third-order valence-corrected chi connectivity index (χ3v) is 2.32.